The summed E-state index contributed by atoms with van der Waals surface area (Å²) in [6, 6.07) is 6.07. The lowest BCUT2D eigenvalue weighted by atomic mass is 10.0. The van der Waals surface area contributed by atoms with Gasteiger partial charge in [0, 0.05) is 24.3 Å². The number of carbonyl (C=O) groups excluding carboxylic acids is 1. The summed E-state index contributed by atoms with van der Waals surface area (Å²) >= 11 is 0. The van der Waals surface area contributed by atoms with E-state index in [1.165, 1.54) is 25.1 Å². The molecule has 1 aromatic carbocycles. The number of hydrogen-bond donors (Lipinski definition) is 0. The Morgan fingerprint density at radius 1 is 1.22 bits per heavy atom. The SMILES string of the molecule is Cc1cc(=O)c(C(=O)N2CCCCC2C)nn1-c1ccccc1C(F)(F)F. The van der Waals surface area contributed by atoms with E-state index in [0.29, 0.717) is 6.54 Å². The molecule has 1 aliphatic heterocycles. The van der Waals surface area contributed by atoms with Crippen LogP contribution in [-0.4, -0.2) is 33.2 Å². The molecule has 0 spiro atoms. The van der Waals surface area contributed by atoms with Crippen LogP contribution >= 0.6 is 0 Å². The second kappa shape index (κ2) is 7.17. The number of aryl methyl sites for hydroxylation is 1. The molecule has 1 aliphatic rings. The molecule has 0 aliphatic carbocycles. The Labute approximate surface area is 154 Å². The number of aromatic nitrogens is 2. The van der Waals surface area contributed by atoms with Crippen molar-refractivity contribution in [2.45, 2.75) is 45.3 Å². The van der Waals surface area contributed by atoms with E-state index in [2.05, 4.69) is 5.10 Å². The lowest BCUT2D eigenvalue weighted by molar-refractivity contribution is -0.137. The number of rotatable bonds is 2. The average Bonchev–Trinajstić information content (AvgIpc) is 2.61. The van der Waals surface area contributed by atoms with Gasteiger partial charge in [-0.1, -0.05) is 12.1 Å². The lowest BCUT2D eigenvalue weighted by Gasteiger charge is -2.33. The van der Waals surface area contributed by atoms with Crippen molar-refractivity contribution in [3.63, 3.8) is 0 Å². The van der Waals surface area contributed by atoms with Crippen LogP contribution in [0.1, 0.15) is 47.9 Å². The van der Waals surface area contributed by atoms with Crippen LogP contribution in [0.25, 0.3) is 5.69 Å². The number of nitrogens with zero attached hydrogens (tertiary/aromatic N) is 3. The summed E-state index contributed by atoms with van der Waals surface area (Å²) in [7, 11) is 0. The maximum Gasteiger partial charge on any atom is 0.418 e. The maximum atomic E-state index is 13.4. The standard InChI is InChI=1S/C19H20F3N3O2/c1-12-7-5-6-10-24(12)18(27)17-16(26)11-13(2)25(23-17)15-9-4-3-8-14(15)19(20,21)22/h3-4,8-9,11-12H,5-7,10H2,1-2H3. The van der Waals surface area contributed by atoms with Crippen molar-refractivity contribution < 1.29 is 18.0 Å². The molecule has 3 rings (SSSR count). The molecule has 5 nitrogen and oxygen atoms in total. The molecule has 2 aromatic rings. The maximum absolute atomic E-state index is 13.4. The van der Waals surface area contributed by atoms with Crippen molar-refractivity contribution in [2.24, 2.45) is 0 Å². The average molecular weight is 379 g/mol. The Bertz CT molecular complexity index is 921. The zero-order valence-electron chi connectivity index (χ0n) is 15.1. The molecule has 144 valence electrons. The third-order valence-electron chi connectivity index (χ3n) is 4.81. The van der Waals surface area contributed by atoms with E-state index in [4.69, 9.17) is 0 Å². The molecule has 1 aromatic heterocycles. The number of halogens is 3. The van der Waals surface area contributed by atoms with Crippen LogP contribution in [0, 0.1) is 6.92 Å². The molecular weight excluding hydrogens is 359 g/mol. The van der Waals surface area contributed by atoms with Gasteiger partial charge in [-0.15, -0.1) is 0 Å². The summed E-state index contributed by atoms with van der Waals surface area (Å²) < 4.78 is 41.1. The van der Waals surface area contributed by atoms with Crippen LogP contribution in [0.4, 0.5) is 13.2 Å². The minimum Gasteiger partial charge on any atom is -0.334 e. The van der Waals surface area contributed by atoms with Crippen molar-refractivity contribution in [2.75, 3.05) is 6.54 Å². The first-order valence-electron chi connectivity index (χ1n) is 8.78. The Morgan fingerprint density at radius 2 is 1.93 bits per heavy atom. The normalized spacial score (nSPS) is 17.8. The number of piperidine rings is 1. The third-order valence-corrected chi connectivity index (χ3v) is 4.81. The fraction of sp³-hybridized carbons (Fsp3) is 0.421. The summed E-state index contributed by atoms with van der Waals surface area (Å²) in [5.74, 6) is -0.537. The topological polar surface area (TPSA) is 55.2 Å². The van der Waals surface area contributed by atoms with E-state index in [0.717, 1.165) is 36.1 Å². The fourth-order valence-corrected chi connectivity index (χ4v) is 3.37. The molecule has 1 unspecified atom stereocenters. The van der Waals surface area contributed by atoms with E-state index in [1.54, 1.807) is 4.90 Å². The summed E-state index contributed by atoms with van der Waals surface area (Å²) in [5.41, 5.74) is -1.82. The third kappa shape index (κ3) is 3.74. The van der Waals surface area contributed by atoms with E-state index >= 15 is 0 Å². The molecule has 0 radical (unpaired) electrons. The van der Waals surface area contributed by atoms with Crippen LogP contribution < -0.4 is 5.43 Å². The summed E-state index contributed by atoms with van der Waals surface area (Å²) in [6.07, 6.45) is -1.94. The van der Waals surface area contributed by atoms with E-state index in [1.807, 2.05) is 6.92 Å². The predicted molar refractivity (Wildman–Crippen MR) is 93.9 cm³/mol. The monoisotopic (exact) mass is 379 g/mol. The Kier molecular flexibility index (Phi) is 5.08. The smallest absolute Gasteiger partial charge is 0.334 e. The molecule has 0 bridgehead atoms. The highest BCUT2D eigenvalue weighted by Gasteiger charge is 2.34. The van der Waals surface area contributed by atoms with Gasteiger partial charge in [0.25, 0.3) is 5.91 Å². The fourth-order valence-electron chi connectivity index (χ4n) is 3.37. The largest absolute Gasteiger partial charge is 0.418 e. The van der Waals surface area contributed by atoms with Gasteiger partial charge in [-0.2, -0.15) is 18.3 Å². The molecule has 1 amide bonds. The summed E-state index contributed by atoms with van der Waals surface area (Å²) in [4.78, 5) is 26.8. The molecule has 1 saturated heterocycles. The van der Waals surface area contributed by atoms with E-state index in [-0.39, 0.29) is 23.1 Å². The van der Waals surface area contributed by atoms with Crippen LogP contribution in [0.3, 0.4) is 0 Å². The van der Waals surface area contributed by atoms with Crippen molar-refractivity contribution in [3.8, 4) is 5.69 Å². The molecule has 27 heavy (non-hydrogen) atoms. The molecule has 8 heteroatoms. The summed E-state index contributed by atoms with van der Waals surface area (Å²) in [6.45, 7) is 3.89. The number of hydrogen-bond acceptors (Lipinski definition) is 3. The number of amides is 1. The van der Waals surface area contributed by atoms with Gasteiger partial charge in [-0.05, 0) is 45.2 Å². The van der Waals surface area contributed by atoms with Crippen LogP contribution in [0.2, 0.25) is 0 Å². The molecule has 1 fully saturated rings. The minimum atomic E-state index is -4.58. The highest BCUT2D eigenvalue weighted by Crippen LogP contribution is 2.33. The van der Waals surface area contributed by atoms with Crippen LogP contribution in [0.5, 0.6) is 0 Å². The van der Waals surface area contributed by atoms with Gasteiger partial charge < -0.3 is 4.90 Å². The second-order valence-electron chi connectivity index (χ2n) is 6.77. The van der Waals surface area contributed by atoms with Gasteiger partial charge in [0.15, 0.2) is 5.69 Å². The van der Waals surface area contributed by atoms with Crippen molar-refractivity contribution in [1.82, 2.24) is 14.7 Å². The number of benzene rings is 1. The first-order valence-corrected chi connectivity index (χ1v) is 8.78. The molecule has 1 atom stereocenters. The quantitative estimate of drug-likeness (QED) is 0.802. The van der Waals surface area contributed by atoms with E-state index in [9.17, 15) is 22.8 Å². The van der Waals surface area contributed by atoms with Crippen LogP contribution in [-0.2, 0) is 6.18 Å². The Balaban J connectivity index is 2.11. The van der Waals surface area contributed by atoms with Gasteiger partial charge in [-0.3, -0.25) is 9.59 Å². The number of carbonyl (C=O) groups is 1. The number of likely N-dealkylation sites (tertiary alicyclic amines) is 1. The molecule has 0 saturated carbocycles. The van der Waals surface area contributed by atoms with Gasteiger partial charge in [0.05, 0.1) is 11.3 Å². The van der Waals surface area contributed by atoms with Crippen molar-refractivity contribution in [3.05, 3.63) is 57.5 Å². The van der Waals surface area contributed by atoms with Gasteiger partial charge in [0.1, 0.15) is 0 Å². The van der Waals surface area contributed by atoms with Gasteiger partial charge in [0.2, 0.25) is 5.43 Å². The number of alkyl halides is 3. The predicted octanol–water partition coefficient (Wildman–Crippen LogP) is 3.57. The van der Waals surface area contributed by atoms with Gasteiger partial charge >= 0.3 is 6.18 Å². The highest BCUT2D eigenvalue weighted by atomic mass is 19.4. The zero-order valence-corrected chi connectivity index (χ0v) is 15.1. The van der Waals surface area contributed by atoms with Crippen LogP contribution in [0.15, 0.2) is 35.1 Å². The molecular formula is C19H20F3N3O2. The first kappa shape index (κ1) is 19.1. The highest BCUT2D eigenvalue weighted by molar-refractivity contribution is 5.92. The lowest BCUT2D eigenvalue weighted by Crippen LogP contribution is -2.44. The summed E-state index contributed by atoms with van der Waals surface area (Å²) in [5, 5.41) is 4.04. The molecule has 2 heterocycles. The first-order chi connectivity index (χ1) is 12.7. The minimum absolute atomic E-state index is 0.0373. The van der Waals surface area contributed by atoms with Crippen molar-refractivity contribution >= 4 is 5.91 Å². The number of para-hydroxylation sites is 1. The Morgan fingerprint density at radius 3 is 2.59 bits per heavy atom. The zero-order chi connectivity index (χ0) is 19.8. The second-order valence-corrected chi connectivity index (χ2v) is 6.77. The van der Waals surface area contributed by atoms with Gasteiger partial charge in [-0.25, -0.2) is 4.68 Å². The molecule has 0 N–H and O–H groups in total. The van der Waals surface area contributed by atoms with E-state index < -0.39 is 23.1 Å². The Hall–Kier alpha value is -2.64. The van der Waals surface area contributed by atoms with Crippen molar-refractivity contribution in [1.29, 1.82) is 0 Å².